The maximum Gasteiger partial charge on any atom is 0.339 e. The van der Waals surface area contributed by atoms with Gasteiger partial charge in [0.15, 0.2) is 5.60 Å². The molecule has 5 nitrogen and oxygen atoms in total. The second-order valence-corrected chi connectivity index (χ2v) is 4.26. The number of carbonyl (C=O) groups is 1. The molecule has 0 saturated carbocycles. The number of aliphatic hydroxyl groups is 1. The first-order chi connectivity index (χ1) is 7.94. The predicted octanol–water partition coefficient (Wildman–Crippen LogP) is 0.363. The summed E-state index contributed by atoms with van der Waals surface area (Å²) >= 11 is 0. The van der Waals surface area contributed by atoms with Crippen LogP contribution in [0.1, 0.15) is 20.3 Å². The number of β-amino-alcohol motifs (C(OH)–C–C–N with tert-alkyl or cyclic N) is 1. The van der Waals surface area contributed by atoms with Gasteiger partial charge in [0.25, 0.3) is 0 Å². The topological polar surface area (TPSA) is 75.8 Å². The van der Waals surface area contributed by atoms with Crippen molar-refractivity contribution in [2.45, 2.75) is 25.9 Å². The van der Waals surface area contributed by atoms with E-state index in [0.29, 0.717) is 18.7 Å². The Morgan fingerprint density at radius 1 is 1.59 bits per heavy atom. The standard InChI is InChI=1S/C12H20N2O3/c1-4-5-10(9(2)13)14-7-6-12(16,8-14)11(15)17-3/h4-5,16H,6-8,13H2,1-3H3/b5-4-,10-9-. The summed E-state index contributed by atoms with van der Waals surface area (Å²) in [5, 5.41) is 10.1. The molecular weight excluding hydrogens is 220 g/mol. The minimum Gasteiger partial charge on any atom is -0.467 e. The van der Waals surface area contributed by atoms with E-state index in [2.05, 4.69) is 4.74 Å². The van der Waals surface area contributed by atoms with Crippen LogP contribution in [0.5, 0.6) is 0 Å². The van der Waals surface area contributed by atoms with Gasteiger partial charge in [-0.1, -0.05) is 6.08 Å². The van der Waals surface area contributed by atoms with Crippen molar-refractivity contribution in [3.05, 3.63) is 23.5 Å². The zero-order valence-corrected chi connectivity index (χ0v) is 10.6. The van der Waals surface area contributed by atoms with Crippen LogP contribution in [0.3, 0.4) is 0 Å². The molecule has 0 aliphatic carbocycles. The summed E-state index contributed by atoms with van der Waals surface area (Å²) < 4.78 is 4.60. The van der Waals surface area contributed by atoms with Gasteiger partial charge in [0.05, 0.1) is 19.4 Å². The Bertz CT molecular complexity index is 359. The average Bonchev–Trinajstić information content (AvgIpc) is 2.68. The summed E-state index contributed by atoms with van der Waals surface area (Å²) in [4.78, 5) is 13.4. The first-order valence-electron chi connectivity index (χ1n) is 5.59. The highest BCUT2D eigenvalue weighted by Gasteiger charge is 2.44. The van der Waals surface area contributed by atoms with E-state index in [9.17, 15) is 9.90 Å². The van der Waals surface area contributed by atoms with E-state index < -0.39 is 11.6 Å². The zero-order valence-electron chi connectivity index (χ0n) is 10.6. The number of methoxy groups -OCH3 is 1. The number of allylic oxidation sites excluding steroid dienone is 3. The number of hydrogen-bond donors (Lipinski definition) is 2. The molecule has 5 heteroatoms. The molecule has 1 saturated heterocycles. The van der Waals surface area contributed by atoms with Crippen molar-refractivity contribution in [1.29, 1.82) is 0 Å². The van der Waals surface area contributed by atoms with Gasteiger partial charge in [0.1, 0.15) is 0 Å². The molecule has 1 aliphatic rings. The summed E-state index contributed by atoms with van der Waals surface area (Å²) in [5.41, 5.74) is 5.87. The normalized spacial score (nSPS) is 26.2. The molecule has 17 heavy (non-hydrogen) atoms. The molecular formula is C12H20N2O3. The van der Waals surface area contributed by atoms with E-state index in [1.165, 1.54) is 7.11 Å². The van der Waals surface area contributed by atoms with E-state index in [-0.39, 0.29) is 6.54 Å². The molecule has 1 fully saturated rings. The number of likely N-dealkylation sites (tertiary alicyclic amines) is 1. The summed E-state index contributed by atoms with van der Waals surface area (Å²) in [6.07, 6.45) is 4.10. The van der Waals surface area contributed by atoms with E-state index in [4.69, 9.17) is 5.73 Å². The maximum atomic E-state index is 11.5. The number of hydrogen-bond acceptors (Lipinski definition) is 5. The Hall–Kier alpha value is -1.49. The molecule has 1 atom stereocenters. The van der Waals surface area contributed by atoms with Crippen molar-refractivity contribution in [3.63, 3.8) is 0 Å². The SMILES string of the molecule is C/C=C\C(=C(/C)N)N1CCC(O)(C(=O)OC)C1. The molecule has 96 valence electrons. The van der Waals surface area contributed by atoms with Gasteiger partial charge in [-0.2, -0.15) is 0 Å². The summed E-state index contributed by atoms with van der Waals surface area (Å²) in [6.45, 7) is 4.49. The number of rotatable bonds is 3. The van der Waals surface area contributed by atoms with Gasteiger partial charge in [-0.25, -0.2) is 4.79 Å². The van der Waals surface area contributed by atoms with Crippen LogP contribution >= 0.6 is 0 Å². The summed E-state index contributed by atoms with van der Waals surface area (Å²) in [7, 11) is 1.28. The predicted molar refractivity (Wildman–Crippen MR) is 64.9 cm³/mol. The summed E-state index contributed by atoms with van der Waals surface area (Å²) in [6, 6.07) is 0. The third-order valence-electron chi connectivity index (χ3n) is 2.88. The first kappa shape index (κ1) is 13.6. The van der Waals surface area contributed by atoms with Crippen molar-refractivity contribution in [3.8, 4) is 0 Å². The molecule has 0 amide bonds. The maximum absolute atomic E-state index is 11.5. The Morgan fingerprint density at radius 3 is 2.71 bits per heavy atom. The number of nitrogens with zero attached hydrogens (tertiary/aromatic N) is 1. The molecule has 3 N–H and O–H groups in total. The second kappa shape index (κ2) is 5.23. The number of nitrogens with two attached hydrogens (primary N) is 1. The molecule has 1 rings (SSSR count). The van der Waals surface area contributed by atoms with Gasteiger partial charge in [-0.15, -0.1) is 0 Å². The van der Waals surface area contributed by atoms with Gasteiger partial charge in [0.2, 0.25) is 0 Å². The van der Waals surface area contributed by atoms with Crippen molar-refractivity contribution in [2.75, 3.05) is 20.2 Å². The van der Waals surface area contributed by atoms with E-state index in [0.717, 1.165) is 5.70 Å². The monoisotopic (exact) mass is 240 g/mol. The molecule has 0 bridgehead atoms. The van der Waals surface area contributed by atoms with Crippen LogP contribution in [-0.2, 0) is 9.53 Å². The molecule has 1 unspecified atom stereocenters. The van der Waals surface area contributed by atoms with Crippen molar-refractivity contribution in [1.82, 2.24) is 4.90 Å². The van der Waals surface area contributed by atoms with Crippen LogP contribution in [0, 0.1) is 0 Å². The molecule has 1 aliphatic heterocycles. The van der Waals surface area contributed by atoms with E-state index >= 15 is 0 Å². The van der Waals surface area contributed by atoms with Crippen LogP contribution in [0.2, 0.25) is 0 Å². The van der Waals surface area contributed by atoms with Gasteiger partial charge in [-0.05, 0) is 19.9 Å². The van der Waals surface area contributed by atoms with Crippen LogP contribution in [0.15, 0.2) is 23.5 Å². The highest BCUT2D eigenvalue weighted by atomic mass is 16.5. The number of esters is 1. The minimum atomic E-state index is -1.42. The lowest BCUT2D eigenvalue weighted by atomic mass is 10.0. The first-order valence-corrected chi connectivity index (χ1v) is 5.59. The van der Waals surface area contributed by atoms with Gasteiger partial charge < -0.3 is 20.5 Å². The lowest BCUT2D eigenvalue weighted by Gasteiger charge is -2.23. The molecule has 0 radical (unpaired) electrons. The fourth-order valence-corrected chi connectivity index (χ4v) is 2.00. The van der Waals surface area contributed by atoms with E-state index in [1.807, 2.05) is 24.0 Å². The third kappa shape index (κ3) is 2.79. The van der Waals surface area contributed by atoms with Crippen LogP contribution in [-0.4, -0.2) is 41.8 Å². The largest absolute Gasteiger partial charge is 0.467 e. The second-order valence-electron chi connectivity index (χ2n) is 4.26. The molecule has 0 aromatic heterocycles. The smallest absolute Gasteiger partial charge is 0.339 e. The van der Waals surface area contributed by atoms with Crippen molar-refractivity contribution >= 4 is 5.97 Å². The summed E-state index contributed by atoms with van der Waals surface area (Å²) in [5.74, 6) is -0.588. The van der Waals surface area contributed by atoms with Gasteiger partial charge >= 0.3 is 5.97 Å². The Balaban J connectivity index is 2.86. The van der Waals surface area contributed by atoms with Crippen molar-refractivity contribution in [2.24, 2.45) is 5.73 Å². The van der Waals surface area contributed by atoms with Crippen LogP contribution in [0.4, 0.5) is 0 Å². The van der Waals surface area contributed by atoms with Crippen LogP contribution < -0.4 is 5.73 Å². The molecule has 1 heterocycles. The molecule has 0 aromatic rings. The third-order valence-corrected chi connectivity index (χ3v) is 2.88. The minimum absolute atomic E-state index is 0.216. The van der Waals surface area contributed by atoms with Gasteiger partial charge in [-0.3, -0.25) is 0 Å². The Morgan fingerprint density at radius 2 is 2.24 bits per heavy atom. The number of ether oxygens (including phenoxy) is 1. The van der Waals surface area contributed by atoms with Crippen molar-refractivity contribution < 1.29 is 14.6 Å². The zero-order chi connectivity index (χ0) is 13.1. The molecule has 0 spiro atoms. The van der Waals surface area contributed by atoms with Crippen LogP contribution in [0.25, 0.3) is 0 Å². The Kier molecular flexibility index (Phi) is 4.17. The highest BCUT2D eigenvalue weighted by molar-refractivity contribution is 5.80. The quantitative estimate of drug-likeness (QED) is 0.550. The Labute approximate surface area is 102 Å². The number of carbonyl (C=O) groups excluding carboxylic acids is 1. The lowest BCUT2D eigenvalue weighted by Crippen LogP contribution is -2.42. The highest BCUT2D eigenvalue weighted by Crippen LogP contribution is 2.26. The lowest BCUT2D eigenvalue weighted by molar-refractivity contribution is -0.160. The van der Waals surface area contributed by atoms with Gasteiger partial charge in [0, 0.05) is 18.7 Å². The average molecular weight is 240 g/mol. The fourth-order valence-electron chi connectivity index (χ4n) is 2.00. The van der Waals surface area contributed by atoms with E-state index in [1.54, 1.807) is 6.92 Å². The molecule has 0 aromatic carbocycles. The fraction of sp³-hybridized carbons (Fsp3) is 0.583.